The standard InChI is InChI=1S/C18H15N5O2S/c1-24-11-6-7-15-10(8-11)9-12(17(25-15)22-23-18(19)26)16-20-13-4-2-3-5-14(13)21-16/h2-9H,1H3,(H,20,21)(H3,19,23,26)/b22-17-. The minimum absolute atomic E-state index is 0.0468. The normalized spacial score (nSPS) is 11.8. The van der Waals surface area contributed by atoms with E-state index in [1.54, 1.807) is 7.11 Å². The smallest absolute Gasteiger partial charge is 0.247 e. The molecule has 4 rings (SSSR count). The SMILES string of the molecule is COc1ccc2o/c(=N\NC(N)=S)c(-c3nc4ccccc4[nH]3)cc2c1. The summed E-state index contributed by atoms with van der Waals surface area (Å²) in [7, 11) is 1.62. The van der Waals surface area contributed by atoms with Crippen LogP contribution in [0.5, 0.6) is 5.75 Å². The highest BCUT2D eigenvalue weighted by Crippen LogP contribution is 2.24. The molecule has 0 spiro atoms. The highest BCUT2D eigenvalue weighted by molar-refractivity contribution is 7.80. The predicted octanol–water partition coefficient (Wildman–Crippen LogP) is 2.63. The van der Waals surface area contributed by atoms with E-state index in [2.05, 4.69) is 20.5 Å². The van der Waals surface area contributed by atoms with Crippen LogP contribution < -0.4 is 21.5 Å². The molecule has 0 unspecified atom stereocenters. The lowest BCUT2D eigenvalue weighted by molar-refractivity contribution is 0.415. The lowest BCUT2D eigenvalue weighted by Gasteiger charge is -2.05. The quantitative estimate of drug-likeness (QED) is 0.381. The number of fused-ring (bicyclic) bond motifs is 2. The fourth-order valence-electron chi connectivity index (χ4n) is 2.67. The maximum atomic E-state index is 5.93. The molecule has 8 heteroatoms. The summed E-state index contributed by atoms with van der Waals surface area (Å²) in [4.78, 5) is 7.90. The number of nitrogens with zero attached hydrogens (tertiary/aromatic N) is 2. The third-order valence-electron chi connectivity index (χ3n) is 3.87. The first-order valence-electron chi connectivity index (χ1n) is 7.80. The number of H-pyrrole nitrogens is 1. The maximum Gasteiger partial charge on any atom is 0.247 e. The van der Waals surface area contributed by atoms with E-state index >= 15 is 0 Å². The molecule has 130 valence electrons. The lowest BCUT2D eigenvalue weighted by atomic mass is 10.1. The van der Waals surface area contributed by atoms with Crippen molar-refractivity contribution < 1.29 is 9.15 Å². The van der Waals surface area contributed by atoms with E-state index < -0.39 is 0 Å². The van der Waals surface area contributed by atoms with Gasteiger partial charge in [0.05, 0.1) is 23.7 Å². The molecule has 0 aliphatic heterocycles. The number of para-hydroxylation sites is 2. The fourth-order valence-corrected chi connectivity index (χ4v) is 2.72. The van der Waals surface area contributed by atoms with Gasteiger partial charge >= 0.3 is 0 Å². The summed E-state index contributed by atoms with van der Waals surface area (Å²) in [5.74, 6) is 1.36. The van der Waals surface area contributed by atoms with Crippen molar-refractivity contribution in [1.82, 2.24) is 15.4 Å². The van der Waals surface area contributed by atoms with Crippen LogP contribution in [0.3, 0.4) is 0 Å². The van der Waals surface area contributed by atoms with E-state index in [1.165, 1.54) is 0 Å². The van der Waals surface area contributed by atoms with Crippen LogP contribution in [0.15, 0.2) is 58.0 Å². The van der Waals surface area contributed by atoms with Crippen molar-refractivity contribution in [2.75, 3.05) is 7.11 Å². The summed E-state index contributed by atoms with van der Waals surface area (Å²) < 4.78 is 11.2. The van der Waals surface area contributed by atoms with Gasteiger partial charge in [-0.05, 0) is 48.6 Å². The van der Waals surface area contributed by atoms with Crippen LogP contribution in [0.2, 0.25) is 0 Å². The Morgan fingerprint density at radius 1 is 1.27 bits per heavy atom. The van der Waals surface area contributed by atoms with Crippen LogP contribution in [0.25, 0.3) is 33.4 Å². The van der Waals surface area contributed by atoms with Crippen LogP contribution in [0.4, 0.5) is 0 Å². The highest BCUT2D eigenvalue weighted by atomic mass is 32.1. The average molecular weight is 365 g/mol. The van der Waals surface area contributed by atoms with Crippen LogP contribution in [0, 0.1) is 0 Å². The summed E-state index contributed by atoms with van der Waals surface area (Å²) in [6.45, 7) is 0. The van der Waals surface area contributed by atoms with E-state index in [9.17, 15) is 0 Å². The Hall–Kier alpha value is -3.39. The molecule has 0 fully saturated rings. The van der Waals surface area contributed by atoms with Crippen molar-refractivity contribution in [2.24, 2.45) is 10.8 Å². The van der Waals surface area contributed by atoms with E-state index in [0.717, 1.165) is 22.2 Å². The first-order valence-corrected chi connectivity index (χ1v) is 8.21. The number of aromatic amines is 1. The summed E-state index contributed by atoms with van der Waals surface area (Å²) in [6.07, 6.45) is 0. The van der Waals surface area contributed by atoms with Crippen molar-refractivity contribution in [2.45, 2.75) is 0 Å². The third-order valence-corrected chi connectivity index (χ3v) is 3.96. The van der Waals surface area contributed by atoms with E-state index in [1.807, 2.05) is 48.5 Å². The second-order valence-electron chi connectivity index (χ2n) is 5.56. The molecule has 0 amide bonds. The Morgan fingerprint density at radius 2 is 2.12 bits per heavy atom. The molecule has 7 nitrogen and oxygen atoms in total. The van der Waals surface area contributed by atoms with Crippen molar-refractivity contribution >= 4 is 39.3 Å². The van der Waals surface area contributed by atoms with E-state index in [0.29, 0.717) is 22.5 Å². The molecule has 0 bridgehead atoms. The molecule has 0 aliphatic carbocycles. The number of aromatic nitrogens is 2. The summed E-state index contributed by atoms with van der Waals surface area (Å²) in [5.41, 5.74) is 11.5. The Balaban J connectivity index is 1.98. The second-order valence-corrected chi connectivity index (χ2v) is 6.00. The Kier molecular flexibility index (Phi) is 4.02. The third kappa shape index (κ3) is 2.98. The van der Waals surface area contributed by atoms with Gasteiger partial charge in [0, 0.05) is 5.39 Å². The molecule has 0 radical (unpaired) electrons. The van der Waals surface area contributed by atoms with Crippen molar-refractivity contribution in [3.05, 3.63) is 54.1 Å². The van der Waals surface area contributed by atoms with Gasteiger partial charge in [0.2, 0.25) is 5.55 Å². The molecule has 0 aliphatic rings. The van der Waals surface area contributed by atoms with Gasteiger partial charge in [0.1, 0.15) is 17.2 Å². The number of nitrogens with two attached hydrogens (primary N) is 1. The van der Waals surface area contributed by atoms with Crippen molar-refractivity contribution in [3.8, 4) is 17.1 Å². The molecule has 4 N–H and O–H groups in total. The number of imidazole rings is 1. The van der Waals surface area contributed by atoms with Gasteiger partial charge in [-0.15, -0.1) is 5.10 Å². The number of hydrogen-bond donors (Lipinski definition) is 3. The molecule has 0 saturated heterocycles. The van der Waals surface area contributed by atoms with Crippen LogP contribution in [-0.2, 0) is 0 Å². The van der Waals surface area contributed by atoms with E-state index in [4.69, 9.17) is 27.1 Å². The molecule has 0 atom stereocenters. The van der Waals surface area contributed by atoms with Crippen molar-refractivity contribution in [1.29, 1.82) is 0 Å². The van der Waals surface area contributed by atoms with Crippen LogP contribution >= 0.6 is 12.2 Å². The summed E-state index contributed by atoms with van der Waals surface area (Å²) in [6, 6.07) is 15.2. The maximum absolute atomic E-state index is 5.93. The summed E-state index contributed by atoms with van der Waals surface area (Å²) >= 11 is 4.83. The fraction of sp³-hybridized carbons (Fsp3) is 0.0556. The van der Waals surface area contributed by atoms with Gasteiger partial charge in [-0.3, -0.25) is 5.43 Å². The van der Waals surface area contributed by atoms with Gasteiger partial charge in [0.15, 0.2) is 5.11 Å². The topological polar surface area (TPSA) is 101 Å². The van der Waals surface area contributed by atoms with Gasteiger partial charge in [-0.2, -0.15) is 0 Å². The van der Waals surface area contributed by atoms with Crippen LogP contribution in [-0.4, -0.2) is 22.2 Å². The number of hydrogen-bond acceptors (Lipinski definition) is 5. The Labute approximate surface area is 153 Å². The minimum Gasteiger partial charge on any atom is -0.497 e. The van der Waals surface area contributed by atoms with Gasteiger partial charge in [-0.1, -0.05) is 12.1 Å². The largest absolute Gasteiger partial charge is 0.497 e. The number of nitrogens with one attached hydrogen (secondary N) is 2. The second kappa shape index (κ2) is 6.49. The van der Waals surface area contributed by atoms with Gasteiger partial charge in [-0.25, -0.2) is 4.98 Å². The predicted molar refractivity (Wildman–Crippen MR) is 103 cm³/mol. The molecule has 26 heavy (non-hydrogen) atoms. The highest BCUT2D eigenvalue weighted by Gasteiger charge is 2.12. The number of ether oxygens (including phenoxy) is 1. The monoisotopic (exact) mass is 365 g/mol. The first kappa shape index (κ1) is 16.1. The molecule has 4 aromatic rings. The minimum atomic E-state index is 0.0468. The molecule has 2 aromatic heterocycles. The molecule has 2 heterocycles. The number of methoxy groups -OCH3 is 1. The zero-order valence-electron chi connectivity index (χ0n) is 13.8. The van der Waals surface area contributed by atoms with Gasteiger partial charge in [0.25, 0.3) is 0 Å². The average Bonchev–Trinajstić information content (AvgIpc) is 3.09. The Bertz CT molecular complexity index is 1160. The molecular formula is C18H15N5O2S. The number of benzene rings is 2. The molecular weight excluding hydrogens is 350 g/mol. The molecule has 0 saturated carbocycles. The summed E-state index contributed by atoms with van der Waals surface area (Å²) in [5, 5.41) is 5.07. The van der Waals surface area contributed by atoms with Crippen LogP contribution in [0.1, 0.15) is 0 Å². The number of thiocarbonyl (C=S) groups is 1. The van der Waals surface area contributed by atoms with Crippen molar-refractivity contribution in [3.63, 3.8) is 0 Å². The zero-order chi connectivity index (χ0) is 18.1. The number of rotatable bonds is 3. The van der Waals surface area contributed by atoms with Gasteiger partial charge < -0.3 is 19.9 Å². The first-order chi connectivity index (χ1) is 12.6. The lowest BCUT2D eigenvalue weighted by Crippen LogP contribution is -2.27. The Morgan fingerprint density at radius 3 is 2.88 bits per heavy atom. The van der Waals surface area contributed by atoms with E-state index in [-0.39, 0.29) is 5.11 Å². The zero-order valence-corrected chi connectivity index (χ0v) is 14.6. The molecule has 2 aromatic carbocycles.